The van der Waals surface area contributed by atoms with Crippen LogP contribution in [-0.4, -0.2) is 90.9 Å². The molecular weight excluding hydrogens is 516 g/mol. The summed E-state index contributed by atoms with van der Waals surface area (Å²) in [6.07, 6.45) is 6.32. The van der Waals surface area contributed by atoms with E-state index in [2.05, 4.69) is 38.9 Å². The maximum atomic E-state index is 12.0. The fraction of sp³-hybridized carbons (Fsp3) is 0.536. The number of rotatable bonds is 5. The molecule has 1 aromatic carbocycles. The Morgan fingerprint density at radius 2 is 1.85 bits per heavy atom. The fourth-order valence-corrected chi connectivity index (χ4v) is 7.57. The highest BCUT2D eigenvalue weighted by Gasteiger charge is 2.39. The first-order valence-corrected chi connectivity index (χ1v) is 15.7. The zero-order valence-corrected chi connectivity index (χ0v) is 22.8. The summed E-state index contributed by atoms with van der Waals surface area (Å²) < 4.78 is 30.4. The highest BCUT2D eigenvalue weighted by atomic mass is 32.2. The molecule has 206 valence electrons. The molecule has 10 nitrogen and oxygen atoms in total. The maximum Gasteiger partial charge on any atom is 0.246 e. The van der Waals surface area contributed by atoms with Gasteiger partial charge in [0.2, 0.25) is 5.91 Å². The molecule has 1 saturated carbocycles. The van der Waals surface area contributed by atoms with E-state index >= 15 is 0 Å². The molecule has 3 saturated heterocycles. The van der Waals surface area contributed by atoms with Gasteiger partial charge in [-0.3, -0.25) is 9.69 Å². The number of benzene rings is 1. The lowest BCUT2D eigenvalue weighted by molar-refractivity contribution is -0.125. The van der Waals surface area contributed by atoms with E-state index in [0.29, 0.717) is 37.6 Å². The van der Waals surface area contributed by atoms with Crippen molar-refractivity contribution in [3.63, 3.8) is 0 Å². The number of ether oxygens (including phenoxy) is 1. The van der Waals surface area contributed by atoms with Gasteiger partial charge in [-0.2, -0.15) is 0 Å². The summed E-state index contributed by atoms with van der Waals surface area (Å²) in [5.41, 5.74) is 4.40. The van der Waals surface area contributed by atoms with Crippen molar-refractivity contribution >= 4 is 33.1 Å². The number of aromatic nitrogens is 2. The molecule has 11 heteroatoms. The van der Waals surface area contributed by atoms with Gasteiger partial charge < -0.3 is 19.9 Å². The topological polar surface area (TPSA) is 108 Å². The van der Waals surface area contributed by atoms with Crippen molar-refractivity contribution in [1.29, 1.82) is 0 Å². The Balaban J connectivity index is 1.12. The first kappa shape index (κ1) is 24.8. The Kier molecular flexibility index (Phi) is 6.04. The van der Waals surface area contributed by atoms with Gasteiger partial charge in [-0.15, -0.1) is 0 Å². The van der Waals surface area contributed by atoms with E-state index in [-0.39, 0.29) is 17.4 Å². The van der Waals surface area contributed by atoms with Crippen LogP contribution < -0.4 is 15.0 Å². The molecule has 0 bridgehead atoms. The average Bonchev–Trinajstić information content (AvgIpc) is 3.67. The Bertz CT molecular complexity index is 1420. The van der Waals surface area contributed by atoms with Crippen molar-refractivity contribution in [2.75, 3.05) is 61.0 Å². The molecule has 0 spiro atoms. The molecule has 4 aliphatic heterocycles. The number of anilines is 3. The van der Waals surface area contributed by atoms with Crippen LogP contribution in [0.2, 0.25) is 0 Å². The second-order valence-corrected chi connectivity index (χ2v) is 13.7. The Labute approximate surface area is 229 Å². The van der Waals surface area contributed by atoms with Gasteiger partial charge in [0.05, 0.1) is 22.8 Å². The van der Waals surface area contributed by atoms with Gasteiger partial charge in [0.1, 0.15) is 30.3 Å². The largest absolute Gasteiger partial charge is 0.486 e. The molecule has 1 aliphatic carbocycles. The minimum atomic E-state index is -2.99. The molecule has 7 rings (SSSR count). The van der Waals surface area contributed by atoms with Gasteiger partial charge in [0.15, 0.2) is 9.84 Å². The number of sulfone groups is 1. The second-order valence-electron chi connectivity index (χ2n) is 11.4. The lowest BCUT2D eigenvalue weighted by Crippen LogP contribution is -2.51. The highest BCUT2D eigenvalue weighted by molar-refractivity contribution is 7.91. The van der Waals surface area contributed by atoms with Gasteiger partial charge in [-0.25, -0.2) is 18.4 Å². The molecule has 1 N–H and O–H groups in total. The van der Waals surface area contributed by atoms with Crippen LogP contribution in [0.25, 0.3) is 0 Å². The van der Waals surface area contributed by atoms with E-state index in [1.807, 2.05) is 9.80 Å². The van der Waals surface area contributed by atoms with Crippen molar-refractivity contribution < 1.29 is 17.9 Å². The minimum Gasteiger partial charge on any atom is -0.486 e. The average molecular weight is 551 g/mol. The molecule has 1 aromatic heterocycles. The summed E-state index contributed by atoms with van der Waals surface area (Å²) in [7, 11) is -2.99. The van der Waals surface area contributed by atoms with E-state index < -0.39 is 9.84 Å². The summed E-state index contributed by atoms with van der Waals surface area (Å²) in [5, 5.41) is 3.57. The predicted molar refractivity (Wildman–Crippen MR) is 148 cm³/mol. The number of carbonyl (C=O) groups is 1. The van der Waals surface area contributed by atoms with Gasteiger partial charge in [0.25, 0.3) is 0 Å². The number of carbonyl (C=O) groups excluding carboxylic acids is 1. The number of amides is 1. The molecule has 0 unspecified atom stereocenters. The van der Waals surface area contributed by atoms with Crippen molar-refractivity contribution in [1.82, 2.24) is 19.8 Å². The lowest BCUT2D eigenvalue weighted by Gasteiger charge is -2.43. The van der Waals surface area contributed by atoms with E-state index in [4.69, 9.17) is 4.74 Å². The molecule has 1 atom stereocenters. The van der Waals surface area contributed by atoms with Gasteiger partial charge in [-0.1, -0.05) is 12.6 Å². The van der Waals surface area contributed by atoms with Gasteiger partial charge in [0, 0.05) is 51.2 Å². The summed E-state index contributed by atoms with van der Waals surface area (Å²) in [6, 6.07) is 4.98. The molecule has 1 amide bonds. The third-order valence-corrected chi connectivity index (χ3v) is 10.5. The monoisotopic (exact) mass is 550 g/mol. The summed E-state index contributed by atoms with van der Waals surface area (Å²) in [6.45, 7) is 8.39. The van der Waals surface area contributed by atoms with E-state index in [9.17, 15) is 13.2 Å². The van der Waals surface area contributed by atoms with Gasteiger partial charge >= 0.3 is 0 Å². The molecule has 39 heavy (non-hydrogen) atoms. The Morgan fingerprint density at radius 3 is 2.59 bits per heavy atom. The number of hydrogen-bond acceptors (Lipinski definition) is 9. The van der Waals surface area contributed by atoms with Crippen LogP contribution in [-0.2, 0) is 21.2 Å². The number of nitrogens with zero attached hydrogens (tertiary/aromatic N) is 5. The highest BCUT2D eigenvalue weighted by Crippen LogP contribution is 2.50. The SMILES string of the molecule is C=CC(=O)N1CC[C@H](N2CC(c3cc4c(c(C5CC5)c3)OCc3c(ncnc3N3CCS(=O)(=O)CC3)N4)C2)C1. The Morgan fingerprint density at radius 1 is 1.05 bits per heavy atom. The lowest BCUT2D eigenvalue weighted by atomic mass is 9.87. The van der Waals surface area contributed by atoms with E-state index in [1.54, 1.807) is 6.33 Å². The van der Waals surface area contributed by atoms with E-state index in [0.717, 1.165) is 61.2 Å². The normalized spacial score (nSPS) is 24.6. The molecule has 5 aliphatic rings. The Hall–Kier alpha value is -3.18. The van der Waals surface area contributed by atoms with Crippen LogP contribution >= 0.6 is 0 Å². The third-order valence-electron chi connectivity index (χ3n) is 8.88. The smallest absolute Gasteiger partial charge is 0.246 e. The minimum absolute atomic E-state index is 0.0260. The van der Waals surface area contributed by atoms with Gasteiger partial charge in [-0.05, 0) is 48.4 Å². The first-order chi connectivity index (χ1) is 18.9. The first-order valence-electron chi connectivity index (χ1n) is 13.9. The fourth-order valence-electron chi connectivity index (χ4n) is 6.36. The molecule has 4 fully saturated rings. The quantitative estimate of drug-likeness (QED) is 0.562. The molecule has 5 heterocycles. The third kappa shape index (κ3) is 4.65. The summed E-state index contributed by atoms with van der Waals surface area (Å²) in [5.74, 6) is 3.63. The molecular formula is C28H34N6O4S. The zero-order chi connectivity index (χ0) is 26.7. The number of hydrogen-bond donors (Lipinski definition) is 1. The van der Waals surface area contributed by atoms with Crippen LogP contribution in [0.5, 0.6) is 5.75 Å². The van der Waals surface area contributed by atoms with Crippen LogP contribution in [0.1, 0.15) is 47.8 Å². The van der Waals surface area contributed by atoms with Crippen LogP contribution in [0, 0.1) is 0 Å². The standard InChI is InChI=1S/C28H34N6O4S/c1-2-25(35)33-6-5-21(15-33)34-13-20(14-34)19-11-22(18-3-4-18)26-24(12-19)31-27-23(16-38-26)28(30-17-29-27)32-7-9-39(36,37)10-8-32/h2,11-12,17-18,20-21H,1,3-10,13-16H2,(H,29,30,31)/t21-/m0/s1. The number of nitrogens with one attached hydrogen (secondary N) is 1. The van der Waals surface area contributed by atoms with Crippen molar-refractivity contribution in [2.45, 2.75) is 43.7 Å². The second kappa shape index (κ2) is 9.48. The van der Waals surface area contributed by atoms with E-state index in [1.165, 1.54) is 30.0 Å². The summed E-state index contributed by atoms with van der Waals surface area (Å²) >= 11 is 0. The van der Waals surface area contributed by atoms with Crippen LogP contribution in [0.4, 0.5) is 17.3 Å². The molecule has 2 aromatic rings. The summed E-state index contributed by atoms with van der Waals surface area (Å²) in [4.78, 5) is 27.5. The number of fused-ring (bicyclic) bond motifs is 2. The maximum absolute atomic E-state index is 12.0. The van der Waals surface area contributed by atoms with Crippen LogP contribution in [0.3, 0.4) is 0 Å². The van der Waals surface area contributed by atoms with Crippen molar-refractivity contribution in [3.8, 4) is 5.75 Å². The number of likely N-dealkylation sites (tertiary alicyclic amines) is 2. The predicted octanol–water partition coefficient (Wildman–Crippen LogP) is 2.41. The zero-order valence-electron chi connectivity index (χ0n) is 22.0. The van der Waals surface area contributed by atoms with Crippen molar-refractivity contribution in [3.05, 3.63) is 47.8 Å². The van der Waals surface area contributed by atoms with Crippen molar-refractivity contribution in [2.24, 2.45) is 0 Å². The van der Waals surface area contributed by atoms with Crippen LogP contribution in [0.15, 0.2) is 31.1 Å². The molecule has 0 radical (unpaired) electrons.